The summed E-state index contributed by atoms with van der Waals surface area (Å²) in [5.41, 5.74) is 0. The molecule has 7 heavy (non-hydrogen) atoms. The first-order valence-electron chi connectivity index (χ1n) is 0.612. The summed E-state index contributed by atoms with van der Waals surface area (Å²) < 4.78 is 0. The van der Waals surface area contributed by atoms with E-state index in [-0.39, 0.29) is 62.7 Å². The van der Waals surface area contributed by atoms with Crippen molar-refractivity contribution in [3.05, 3.63) is 0 Å². The molecule has 0 radical (unpaired) electrons. The van der Waals surface area contributed by atoms with Crippen molar-refractivity contribution in [2.24, 2.45) is 0 Å². The Balaban J connectivity index is -0.0000000150. The minimum absolute atomic E-state index is 0. The van der Waals surface area contributed by atoms with Gasteiger partial charge in [0.2, 0.25) is 0 Å². The molecule has 0 N–H and O–H groups in total. The van der Waals surface area contributed by atoms with Crippen LogP contribution >= 0.6 is 0 Å². The molecule has 0 aliphatic heterocycles. The van der Waals surface area contributed by atoms with Gasteiger partial charge in [0.05, 0.1) is 0 Å². The zero-order valence-electron chi connectivity index (χ0n) is 3.55. The topological polar surface area (TPSA) is 91.7 Å². The van der Waals surface area contributed by atoms with Crippen molar-refractivity contribution in [3.8, 4) is 0 Å². The van der Waals surface area contributed by atoms with E-state index in [1.807, 2.05) is 0 Å². The predicted molar refractivity (Wildman–Crippen MR) is 11.8 cm³/mol. The molecule has 0 atom stereocenters. The maximum atomic E-state index is 8.33. The SMILES string of the molecule is O=C([O-])[O-].[Ca+2].[O-2].[Zn+2]. The summed E-state index contributed by atoms with van der Waals surface area (Å²) in [4.78, 5) is 8.33. The van der Waals surface area contributed by atoms with Gasteiger partial charge in [-0.3, -0.25) is 0 Å². The van der Waals surface area contributed by atoms with Crippen LogP contribution in [-0.2, 0) is 25.0 Å². The third kappa shape index (κ3) is 150. The molecule has 6 heteroatoms. The predicted octanol–water partition coefficient (Wildman–Crippen LogP) is -2.95. The third-order valence-electron chi connectivity index (χ3n) is 0. The summed E-state index contributed by atoms with van der Waals surface area (Å²) in [5.74, 6) is 0. The Hall–Kier alpha value is 1.11. The Labute approximate surface area is 83.0 Å². The van der Waals surface area contributed by atoms with Crippen molar-refractivity contribution < 1.29 is 40.0 Å². The molecule has 0 aromatic carbocycles. The van der Waals surface area contributed by atoms with Gasteiger partial charge >= 0.3 is 57.2 Å². The Morgan fingerprint density at radius 1 is 1.29 bits per heavy atom. The van der Waals surface area contributed by atoms with Crippen molar-refractivity contribution in [3.63, 3.8) is 0 Å². The van der Waals surface area contributed by atoms with Gasteiger partial charge in [-0.2, -0.15) is 0 Å². The smallest absolute Gasteiger partial charge is 2.00 e. The van der Waals surface area contributed by atoms with E-state index in [1.54, 1.807) is 0 Å². The average Bonchev–Trinajstić information content (AvgIpc) is 0.811. The fourth-order valence-corrected chi connectivity index (χ4v) is 0. The number of hydrogen-bond acceptors (Lipinski definition) is 3. The van der Waals surface area contributed by atoms with Gasteiger partial charge in [-0.1, -0.05) is 0 Å². The maximum absolute atomic E-state index is 8.33. The largest absolute Gasteiger partial charge is 2.00 e. The standard InChI is InChI=1S/CH2O3.Ca.O.Zn/c2-1(3)4;;;/h(H2,2,3,4);;;/q;+2;-2;+2/p-2. The molecule has 0 aromatic rings. The molecule has 4 nitrogen and oxygen atoms in total. The fourth-order valence-electron chi connectivity index (χ4n) is 0. The van der Waals surface area contributed by atoms with Gasteiger partial charge in [0.25, 0.3) is 0 Å². The van der Waals surface area contributed by atoms with Crippen LogP contribution in [0.25, 0.3) is 0 Å². The molecule has 0 saturated heterocycles. The van der Waals surface area contributed by atoms with Crippen LogP contribution in [0.1, 0.15) is 0 Å². The number of carbonyl (C=O) groups is 1. The van der Waals surface area contributed by atoms with Crippen LogP contribution in [0.15, 0.2) is 0 Å². The Morgan fingerprint density at radius 3 is 1.29 bits per heavy atom. The molecule has 0 unspecified atom stereocenters. The zero-order valence-corrected chi connectivity index (χ0v) is 8.72. The van der Waals surface area contributed by atoms with E-state index in [0.29, 0.717) is 0 Å². The number of rotatable bonds is 0. The van der Waals surface area contributed by atoms with Crippen LogP contribution in [0.3, 0.4) is 0 Å². The van der Waals surface area contributed by atoms with E-state index in [9.17, 15) is 0 Å². The van der Waals surface area contributed by atoms with Crippen LogP contribution in [-0.4, -0.2) is 43.9 Å². The van der Waals surface area contributed by atoms with Crippen LogP contribution in [0, 0.1) is 0 Å². The Kier molecular flexibility index (Phi) is 54.5. The first-order chi connectivity index (χ1) is 1.73. The van der Waals surface area contributed by atoms with E-state index >= 15 is 0 Å². The van der Waals surface area contributed by atoms with Gasteiger partial charge in [-0.05, 0) is 6.16 Å². The van der Waals surface area contributed by atoms with Crippen LogP contribution in [0.2, 0.25) is 0 Å². The van der Waals surface area contributed by atoms with Gasteiger partial charge in [-0.25, -0.2) is 0 Å². The average molecular weight is 181 g/mol. The van der Waals surface area contributed by atoms with E-state index in [2.05, 4.69) is 0 Å². The molecular formula is CCaO4Zn. The second-order valence-corrected chi connectivity index (χ2v) is 0.250. The molecule has 0 rings (SSSR count). The van der Waals surface area contributed by atoms with E-state index in [4.69, 9.17) is 15.0 Å². The van der Waals surface area contributed by atoms with Crippen molar-refractivity contribution in [2.75, 3.05) is 0 Å². The van der Waals surface area contributed by atoms with Gasteiger partial charge < -0.3 is 20.5 Å². The van der Waals surface area contributed by atoms with Crippen LogP contribution in [0.5, 0.6) is 0 Å². The van der Waals surface area contributed by atoms with E-state index < -0.39 is 6.16 Å². The minimum Gasteiger partial charge on any atom is -2.00 e. The monoisotopic (exact) mass is 180 g/mol. The Bertz CT molecular complexity index is 34.7. The van der Waals surface area contributed by atoms with Gasteiger partial charge in [0.15, 0.2) is 0 Å². The summed E-state index contributed by atoms with van der Waals surface area (Å²) in [6.45, 7) is 0. The summed E-state index contributed by atoms with van der Waals surface area (Å²) in [7, 11) is 0. The molecule has 0 amide bonds. The third-order valence-corrected chi connectivity index (χ3v) is 0. The van der Waals surface area contributed by atoms with Crippen molar-refractivity contribution in [1.82, 2.24) is 0 Å². The number of carbonyl (C=O) groups excluding carboxylic acids is 1. The molecule has 0 aliphatic rings. The molecule has 0 heterocycles. The van der Waals surface area contributed by atoms with E-state index in [1.165, 1.54) is 0 Å². The van der Waals surface area contributed by atoms with Gasteiger partial charge in [0.1, 0.15) is 0 Å². The molecule has 0 saturated carbocycles. The number of hydrogen-bond donors (Lipinski definition) is 0. The van der Waals surface area contributed by atoms with Crippen molar-refractivity contribution >= 4 is 43.9 Å². The normalized spacial score (nSPS) is 3.43. The van der Waals surface area contributed by atoms with Gasteiger partial charge in [-0.15, -0.1) is 0 Å². The second kappa shape index (κ2) is 15.7. The molecule has 32 valence electrons. The van der Waals surface area contributed by atoms with Crippen LogP contribution in [0.4, 0.5) is 4.79 Å². The molecule has 0 spiro atoms. The number of carboxylic acid groups (broad SMARTS) is 2. The van der Waals surface area contributed by atoms with Crippen molar-refractivity contribution in [1.29, 1.82) is 0 Å². The first kappa shape index (κ1) is 24.3. The summed E-state index contributed by atoms with van der Waals surface area (Å²) in [6.07, 6.45) is -2.33. The molecular weight excluding hydrogens is 181 g/mol. The fraction of sp³-hybridized carbons (Fsp3) is 0. The molecule has 0 aromatic heterocycles. The van der Waals surface area contributed by atoms with E-state index in [0.717, 1.165) is 0 Å². The summed E-state index contributed by atoms with van der Waals surface area (Å²) in [6, 6.07) is 0. The van der Waals surface area contributed by atoms with Crippen LogP contribution < -0.4 is 10.2 Å². The zero-order chi connectivity index (χ0) is 3.58. The molecule has 0 fully saturated rings. The first-order valence-corrected chi connectivity index (χ1v) is 0.612. The second-order valence-electron chi connectivity index (χ2n) is 0.250. The summed E-state index contributed by atoms with van der Waals surface area (Å²) >= 11 is 0. The minimum atomic E-state index is -2.33. The summed E-state index contributed by atoms with van der Waals surface area (Å²) in [5, 5.41) is 16.7. The molecule has 0 aliphatic carbocycles. The Morgan fingerprint density at radius 2 is 1.29 bits per heavy atom. The quantitative estimate of drug-likeness (QED) is 0.374. The van der Waals surface area contributed by atoms with Crippen molar-refractivity contribution in [2.45, 2.75) is 0 Å². The maximum Gasteiger partial charge on any atom is 2.00 e. The van der Waals surface area contributed by atoms with Gasteiger partial charge in [0, 0.05) is 0 Å². The molecule has 0 bridgehead atoms.